The summed E-state index contributed by atoms with van der Waals surface area (Å²) >= 11 is 0. The number of hydrogen-bond acceptors (Lipinski definition) is 4. The summed E-state index contributed by atoms with van der Waals surface area (Å²) in [5.74, 6) is 1.66. The van der Waals surface area contributed by atoms with Gasteiger partial charge in [0.2, 0.25) is 5.95 Å². The van der Waals surface area contributed by atoms with Gasteiger partial charge in [-0.25, -0.2) is 9.97 Å². The predicted molar refractivity (Wildman–Crippen MR) is 68.1 cm³/mol. The number of aromatic nitrogens is 2. The van der Waals surface area contributed by atoms with Gasteiger partial charge in [0.05, 0.1) is 5.69 Å². The molecule has 0 unspecified atom stereocenters. The zero-order valence-electron chi connectivity index (χ0n) is 10.2. The molecule has 17 heavy (non-hydrogen) atoms. The highest BCUT2D eigenvalue weighted by Gasteiger charge is 2.17. The summed E-state index contributed by atoms with van der Waals surface area (Å²) in [7, 11) is 0. The first-order valence-corrected chi connectivity index (χ1v) is 6.71. The lowest BCUT2D eigenvalue weighted by atomic mass is 9.85. The molecule has 3 rings (SSSR count). The molecule has 0 saturated heterocycles. The van der Waals surface area contributed by atoms with E-state index < -0.39 is 0 Å². The van der Waals surface area contributed by atoms with Gasteiger partial charge < -0.3 is 10.6 Å². The van der Waals surface area contributed by atoms with Crippen molar-refractivity contribution in [3.05, 3.63) is 17.5 Å². The molecule has 0 aromatic carbocycles. The predicted octanol–water partition coefficient (Wildman–Crippen LogP) is 1.38. The molecule has 0 amide bonds. The molecule has 1 aromatic rings. The Morgan fingerprint density at radius 2 is 2.18 bits per heavy atom. The summed E-state index contributed by atoms with van der Waals surface area (Å²) in [4.78, 5) is 9.06. The first kappa shape index (κ1) is 11.0. The van der Waals surface area contributed by atoms with Gasteiger partial charge in [-0.15, -0.1) is 0 Å². The van der Waals surface area contributed by atoms with Gasteiger partial charge in [-0.05, 0) is 37.3 Å². The van der Waals surface area contributed by atoms with Gasteiger partial charge in [0, 0.05) is 25.7 Å². The fraction of sp³-hybridized carbons (Fsp3) is 0.692. The summed E-state index contributed by atoms with van der Waals surface area (Å²) in [6.07, 6.45) is 8.19. The number of nitrogens with one attached hydrogen (secondary N) is 2. The van der Waals surface area contributed by atoms with Crippen molar-refractivity contribution in [2.45, 2.75) is 32.1 Å². The van der Waals surface area contributed by atoms with E-state index in [-0.39, 0.29) is 0 Å². The number of rotatable bonds is 3. The van der Waals surface area contributed by atoms with Crippen LogP contribution in [0.2, 0.25) is 0 Å². The van der Waals surface area contributed by atoms with E-state index in [4.69, 9.17) is 0 Å². The molecule has 1 aromatic heterocycles. The number of fused-ring (bicyclic) bond motifs is 1. The SMILES string of the molecule is c1nc(NCC2CCC2)nc2c1CCNCC2. The molecule has 0 atom stereocenters. The minimum atomic E-state index is 0.817. The molecule has 2 aliphatic rings. The van der Waals surface area contributed by atoms with Gasteiger partial charge in [0.15, 0.2) is 0 Å². The van der Waals surface area contributed by atoms with E-state index in [1.54, 1.807) is 0 Å². The minimum Gasteiger partial charge on any atom is -0.354 e. The number of nitrogens with zero attached hydrogens (tertiary/aromatic N) is 2. The second-order valence-corrected chi connectivity index (χ2v) is 5.09. The fourth-order valence-corrected chi connectivity index (χ4v) is 2.44. The lowest BCUT2D eigenvalue weighted by Crippen LogP contribution is -2.22. The van der Waals surface area contributed by atoms with Crippen molar-refractivity contribution in [2.75, 3.05) is 25.0 Å². The molecule has 92 valence electrons. The molecule has 0 radical (unpaired) electrons. The Kier molecular flexibility index (Phi) is 3.22. The smallest absolute Gasteiger partial charge is 0.222 e. The van der Waals surface area contributed by atoms with E-state index in [2.05, 4.69) is 20.6 Å². The standard InChI is InChI=1S/C13H20N4/c1-2-10(3-1)8-15-13-16-9-11-4-6-14-7-5-12(11)17-13/h9-10,14H,1-8H2,(H,15,16,17). The van der Waals surface area contributed by atoms with Crippen LogP contribution in [-0.2, 0) is 12.8 Å². The normalized spacial score (nSPS) is 20.2. The molecule has 1 aliphatic heterocycles. The number of hydrogen-bond donors (Lipinski definition) is 2. The monoisotopic (exact) mass is 232 g/mol. The van der Waals surface area contributed by atoms with Crippen molar-refractivity contribution in [1.82, 2.24) is 15.3 Å². The molecule has 4 heteroatoms. The van der Waals surface area contributed by atoms with Gasteiger partial charge in [0.1, 0.15) is 0 Å². The third-order valence-corrected chi connectivity index (χ3v) is 3.84. The largest absolute Gasteiger partial charge is 0.354 e. The topological polar surface area (TPSA) is 49.8 Å². The van der Waals surface area contributed by atoms with Crippen LogP contribution >= 0.6 is 0 Å². The highest BCUT2D eigenvalue weighted by atomic mass is 15.1. The first-order valence-electron chi connectivity index (χ1n) is 6.71. The second-order valence-electron chi connectivity index (χ2n) is 5.09. The van der Waals surface area contributed by atoms with Crippen molar-refractivity contribution < 1.29 is 0 Å². The van der Waals surface area contributed by atoms with Crippen molar-refractivity contribution in [3.8, 4) is 0 Å². The van der Waals surface area contributed by atoms with Crippen molar-refractivity contribution in [2.24, 2.45) is 5.92 Å². The van der Waals surface area contributed by atoms with E-state index in [1.807, 2.05) is 6.20 Å². The van der Waals surface area contributed by atoms with E-state index >= 15 is 0 Å². The average molecular weight is 232 g/mol. The number of anilines is 1. The Labute approximate surface area is 102 Å². The van der Waals surface area contributed by atoms with Crippen molar-refractivity contribution in [3.63, 3.8) is 0 Å². The van der Waals surface area contributed by atoms with E-state index in [1.165, 1.54) is 30.5 Å². The van der Waals surface area contributed by atoms with Gasteiger partial charge in [-0.2, -0.15) is 0 Å². The zero-order valence-corrected chi connectivity index (χ0v) is 10.2. The molecular formula is C13H20N4. The lowest BCUT2D eigenvalue weighted by Gasteiger charge is -2.25. The van der Waals surface area contributed by atoms with Gasteiger partial charge in [-0.1, -0.05) is 6.42 Å². The third-order valence-electron chi connectivity index (χ3n) is 3.84. The summed E-state index contributed by atoms with van der Waals surface area (Å²) in [6, 6.07) is 0. The van der Waals surface area contributed by atoms with Gasteiger partial charge in [-0.3, -0.25) is 0 Å². The van der Waals surface area contributed by atoms with E-state index in [0.29, 0.717) is 0 Å². The summed E-state index contributed by atoms with van der Waals surface area (Å²) in [5, 5.41) is 6.77. The van der Waals surface area contributed by atoms with E-state index in [0.717, 1.165) is 44.3 Å². The van der Waals surface area contributed by atoms with Crippen LogP contribution in [-0.4, -0.2) is 29.6 Å². The highest BCUT2D eigenvalue weighted by Crippen LogP contribution is 2.26. The molecule has 0 bridgehead atoms. The molecule has 1 aliphatic carbocycles. The Balaban J connectivity index is 1.66. The maximum atomic E-state index is 4.64. The van der Waals surface area contributed by atoms with Crippen LogP contribution < -0.4 is 10.6 Å². The van der Waals surface area contributed by atoms with Crippen LogP contribution in [0.5, 0.6) is 0 Å². The van der Waals surface area contributed by atoms with Crippen LogP contribution in [0.15, 0.2) is 6.20 Å². The highest BCUT2D eigenvalue weighted by molar-refractivity contribution is 5.30. The van der Waals surface area contributed by atoms with Crippen LogP contribution in [0, 0.1) is 5.92 Å². The Hall–Kier alpha value is -1.16. The summed E-state index contributed by atoms with van der Waals surface area (Å²) in [6.45, 7) is 3.12. The Morgan fingerprint density at radius 1 is 1.29 bits per heavy atom. The zero-order chi connectivity index (χ0) is 11.5. The van der Waals surface area contributed by atoms with Gasteiger partial charge in [0.25, 0.3) is 0 Å². The Bertz CT molecular complexity index is 387. The molecule has 2 heterocycles. The van der Waals surface area contributed by atoms with Crippen molar-refractivity contribution in [1.29, 1.82) is 0 Å². The maximum Gasteiger partial charge on any atom is 0.222 e. The minimum absolute atomic E-state index is 0.817. The second kappa shape index (κ2) is 5.00. The summed E-state index contributed by atoms with van der Waals surface area (Å²) in [5.41, 5.74) is 2.53. The molecule has 1 fully saturated rings. The first-order chi connectivity index (χ1) is 8.42. The van der Waals surface area contributed by atoms with Crippen LogP contribution in [0.25, 0.3) is 0 Å². The van der Waals surface area contributed by atoms with E-state index in [9.17, 15) is 0 Å². The average Bonchev–Trinajstić information content (AvgIpc) is 2.51. The molecule has 2 N–H and O–H groups in total. The van der Waals surface area contributed by atoms with Gasteiger partial charge >= 0.3 is 0 Å². The van der Waals surface area contributed by atoms with Crippen LogP contribution in [0.1, 0.15) is 30.5 Å². The quantitative estimate of drug-likeness (QED) is 0.826. The molecule has 0 spiro atoms. The lowest BCUT2D eigenvalue weighted by molar-refractivity contribution is 0.333. The van der Waals surface area contributed by atoms with Crippen LogP contribution in [0.4, 0.5) is 5.95 Å². The maximum absolute atomic E-state index is 4.64. The third kappa shape index (κ3) is 2.57. The fourth-order valence-electron chi connectivity index (χ4n) is 2.44. The summed E-state index contributed by atoms with van der Waals surface area (Å²) < 4.78 is 0. The van der Waals surface area contributed by atoms with Crippen molar-refractivity contribution >= 4 is 5.95 Å². The molecular weight excluding hydrogens is 212 g/mol. The Morgan fingerprint density at radius 3 is 3.00 bits per heavy atom. The molecule has 1 saturated carbocycles. The molecule has 4 nitrogen and oxygen atoms in total. The van der Waals surface area contributed by atoms with Crippen LogP contribution in [0.3, 0.4) is 0 Å².